The highest BCUT2D eigenvalue weighted by atomic mass is 32.1. The summed E-state index contributed by atoms with van der Waals surface area (Å²) in [6.45, 7) is 0.272. The first-order valence-corrected chi connectivity index (χ1v) is 10.4. The SMILES string of the molecule is CNC(=O)Oc1nc2ccc(C3(O)c4ccccc4C(=O)N3Cc3cccs3)cc2[nH]1. The zero-order chi connectivity index (χ0) is 21.6. The molecule has 8 nitrogen and oxygen atoms in total. The molecular formula is C22H18N4O4S. The van der Waals surface area contributed by atoms with E-state index in [-0.39, 0.29) is 18.5 Å². The minimum Gasteiger partial charge on any atom is -0.375 e. The van der Waals surface area contributed by atoms with E-state index in [2.05, 4.69) is 15.3 Å². The predicted octanol–water partition coefficient (Wildman–Crippen LogP) is 3.19. The third-order valence-corrected chi connectivity index (χ3v) is 6.18. The van der Waals surface area contributed by atoms with Crippen molar-refractivity contribution in [3.8, 4) is 6.01 Å². The fourth-order valence-electron chi connectivity index (χ4n) is 3.86. The molecule has 0 fully saturated rings. The highest BCUT2D eigenvalue weighted by molar-refractivity contribution is 7.09. The number of hydrogen-bond donors (Lipinski definition) is 3. The molecule has 1 atom stereocenters. The maximum Gasteiger partial charge on any atom is 0.414 e. The minimum absolute atomic E-state index is 0.0387. The van der Waals surface area contributed by atoms with Crippen LogP contribution in [0.25, 0.3) is 11.0 Å². The maximum atomic E-state index is 13.2. The van der Waals surface area contributed by atoms with Gasteiger partial charge in [-0.3, -0.25) is 9.69 Å². The van der Waals surface area contributed by atoms with E-state index in [1.807, 2.05) is 17.5 Å². The van der Waals surface area contributed by atoms with Crippen molar-refractivity contribution in [1.82, 2.24) is 20.2 Å². The number of aromatic nitrogens is 2. The van der Waals surface area contributed by atoms with E-state index < -0.39 is 11.8 Å². The number of aromatic amines is 1. The van der Waals surface area contributed by atoms with Gasteiger partial charge in [0.05, 0.1) is 17.6 Å². The summed E-state index contributed by atoms with van der Waals surface area (Å²) in [4.78, 5) is 34.3. The summed E-state index contributed by atoms with van der Waals surface area (Å²) in [6, 6.07) is 16.1. The molecule has 0 aliphatic carbocycles. The van der Waals surface area contributed by atoms with Gasteiger partial charge in [0.25, 0.3) is 5.91 Å². The molecule has 0 bridgehead atoms. The summed E-state index contributed by atoms with van der Waals surface area (Å²) >= 11 is 1.52. The first-order chi connectivity index (χ1) is 15.0. The Morgan fingerprint density at radius 3 is 2.87 bits per heavy atom. The molecule has 4 aromatic rings. The van der Waals surface area contributed by atoms with Crippen LogP contribution in [0.5, 0.6) is 6.01 Å². The summed E-state index contributed by atoms with van der Waals surface area (Å²) in [7, 11) is 1.45. The van der Waals surface area contributed by atoms with E-state index in [9.17, 15) is 14.7 Å². The van der Waals surface area contributed by atoms with Crippen molar-refractivity contribution in [3.63, 3.8) is 0 Å². The lowest BCUT2D eigenvalue weighted by molar-refractivity contribution is -0.0537. The van der Waals surface area contributed by atoms with Gasteiger partial charge in [0.2, 0.25) is 0 Å². The molecule has 31 heavy (non-hydrogen) atoms. The average Bonchev–Trinajstić information content (AvgIpc) is 3.49. The third kappa shape index (κ3) is 3.06. The van der Waals surface area contributed by atoms with E-state index in [0.29, 0.717) is 27.7 Å². The Balaban J connectivity index is 1.62. The van der Waals surface area contributed by atoms with Gasteiger partial charge in [-0.1, -0.05) is 30.3 Å². The van der Waals surface area contributed by atoms with Crippen LogP contribution in [0.15, 0.2) is 60.0 Å². The lowest BCUT2D eigenvalue weighted by atomic mass is 9.93. The molecule has 0 radical (unpaired) electrons. The second-order valence-electron chi connectivity index (χ2n) is 7.10. The molecule has 1 unspecified atom stereocenters. The van der Waals surface area contributed by atoms with Gasteiger partial charge < -0.3 is 20.1 Å². The Morgan fingerprint density at radius 2 is 2.10 bits per heavy atom. The largest absolute Gasteiger partial charge is 0.414 e. The first-order valence-electron chi connectivity index (χ1n) is 9.56. The van der Waals surface area contributed by atoms with E-state index >= 15 is 0 Å². The standard InChI is InChI=1S/C22H18N4O4S/c1-23-21(28)30-20-24-17-9-8-13(11-18(17)25-20)22(29)16-7-3-2-6-15(16)19(27)26(22)12-14-5-4-10-31-14/h2-11,29H,12H2,1H3,(H,23,28)(H,24,25). The van der Waals surface area contributed by atoms with Crippen LogP contribution < -0.4 is 10.1 Å². The zero-order valence-corrected chi connectivity index (χ0v) is 17.3. The smallest absolute Gasteiger partial charge is 0.375 e. The van der Waals surface area contributed by atoms with E-state index in [0.717, 1.165) is 4.88 Å². The van der Waals surface area contributed by atoms with Crippen LogP contribution >= 0.6 is 11.3 Å². The Bertz CT molecular complexity index is 1300. The summed E-state index contributed by atoms with van der Waals surface area (Å²) in [5.74, 6) is -0.236. The highest BCUT2D eigenvalue weighted by Gasteiger charge is 2.49. The summed E-state index contributed by atoms with van der Waals surface area (Å²) < 4.78 is 5.06. The fourth-order valence-corrected chi connectivity index (χ4v) is 4.55. The van der Waals surface area contributed by atoms with Crippen molar-refractivity contribution in [3.05, 3.63) is 81.5 Å². The fraction of sp³-hybridized carbons (Fsp3) is 0.136. The summed E-state index contributed by atoms with van der Waals surface area (Å²) in [6.07, 6.45) is -0.643. The number of amides is 2. The number of carbonyl (C=O) groups excluding carboxylic acids is 2. The lowest BCUT2D eigenvalue weighted by Crippen LogP contribution is -2.44. The topological polar surface area (TPSA) is 108 Å². The predicted molar refractivity (Wildman–Crippen MR) is 115 cm³/mol. The van der Waals surface area contributed by atoms with Crippen LogP contribution in [0, 0.1) is 0 Å². The van der Waals surface area contributed by atoms with Crippen LogP contribution in [0.3, 0.4) is 0 Å². The van der Waals surface area contributed by atoms with Crippen LogP contribution in [-0.2, 0) is 12.3 Å². The number of aliphatic hydroxyl groups is 1. The Labute approximate surface area is 181 Å². The second-order valence-corrected chi connectivity index (χ2v) is 8.13. The van der Waals surface area contributed by atoms with Crippen molar-refractivity contribution >= 4 is 34.4 Å². The normalized spacial score (nSPS) is 17.7. The van der Waals surface area contributed by atoms with Gasteiger partial charge in [0.1, 0.15) is 0 Å². The molecule has 0 saturated heterocycles. The number of carbonyl (C=O) groups is 2. The molecule has 2 aromatic heterocycles. The van der Waals surface area contributed by atoms with E-state index in [1.165, 1.54) is 23.3 Å². The monoisotopic (exact) mass is 434 g/mol. The first kappa shape index (κ1) is 19.3. The highest BCUT2D eigenvalue weighted by Crippen LogP contribution is 2.43. The molecule has 9 heteroatoms. The molecule has 0 saturated carbocycles. The number of benzene rings is 2. The molecule has 1 aliphatic heterocycles. The van der Waals surface area contributed by atoms with Crippen molar-refractivity contribution in [2.24, 2.45) is 0 Å². The van der Waals surface area contributed by atoms with Crippen LogP contribution in [0.1, 0.15) is 26.4 Å². The van der Waals surface area contributed by atoms with Gasteiger partial charge in [-0.2, -0.15) is 4.98 Å². The number of imidazole rings is 1. The van der Waals surface area contributed by atoms with Crippen LogP contribution in [0.4, 0.5) is 4.79 Å². The lowest BCUT2D eigenvalue weighted by Gasteiger charge is -2.34. The number of H-pyrrole nitrogens is 1. The molecule has 1 aliphatic rings. The molecule has 2 amide bonds. The van der Waals surface area contributed by atoms with Gasteiger partial charge in [-0.15, -0.1) is 11.3 Å². The molecule has 3 heterocycles. The summed E-state index contributed by atoms with van der Waals surface area (Å²) in [5.41, 5.74) is 0.974. The minimum atomic E-state index is -1.65. The van der Waals surface area contributed by atoms with Crippen LogP contribution in [0.2, 0.25) is 0 Å². The van der Waals surface area contributed by atoms with Crippen molar-refractivity contribution < 1.29 is 19.4 Å². The Kier molecular flexibility index (Phi) is 4.49. The van der Waals surface area contributed by atoms with Gasteiger partial charge in [0.15, 0.2) is 5.72 Å². The van der Waals surface area contributed by atoms with E-state index in [1.54, 1.807) is 42.5 Å². The molecule has 5 rings (SSSR count). The van der Waals surface area contributed by atoms with Crippen molar-refractivity contribution in [2.75, 3.05) is 7.05 Å². The molecule has 2 aromatic carbocycles. The van der Waals surface area contributed by atoms with Gasteiger partial charge in [-0.25, -0.2) is 4.79 Å². The zero-order valence-electron chi connectivity index (χ0n) is 16.5. The average molecular weight is 434 g/mol. The summed E-state index contributed by atoms with van der Waals surface area (Å²) in [5, 5.41) is 16.3. The quantitative estimate of drug-likeness (QED) is 0.457. The molecule has 3 N–H and O–H groups in total. The number of hydrogen-bond acceptors (Lipinski definition) is 6. The Morgan fingerprint density at radius 1 is 1.26 bits per heavy atom. The van der Waals surface area contributed by atoms with Gasteiger partial charge >= 0.3 is 12.1 Å². The van der Waals surface area contributed by atoms with Crippen molar-refractivity contribution in [2.45, 2.75) is 12.3 Å². The number of thiophene rings is 1. The van der Waals surface area contributed by atoms with E-state index in [4.69, 9.17) is 4.74 Å². The van der Waals surface area contributed by atoms with Gasteiger partial charge in [-0.05, 0) is 29.6 Å². The number of nitrogens with one attached hydrogen (secondary N) is 2. The number of fused-ring (bicyclic) bond motifs is 2. The number of nitrogens with zero attached hydrogens (tertiary/aromatic N) is 2. The third-order valence-electron chi connectivity index (χ3n) is 5.32. The number of rotatable bonds is 4. The van der Waals surface area contributed by atoms with Gasteiger partial charge in [0, 0.05) is 28.6 Å². The molecule has 0 spiro atoms. The Hall–Kier alpha value is -3.69. The maximum absolute atomic E-state index is 13.2. The van der Waals surface area contributed by atoms with Crippen LogP contribution in [-0.4, -0.2) is 39.0 Å². The molecular weight excluding hydrogens is 416 g/mol. The second kappa shape index (κ2) is 7.22. The molecule has 156 valence electrons. The number of ether oxygens (including phenoxy) is 1. The van der Waals surface area contributed by atoms with Crippen molar-refractivity contribution in [1.29, 1.82) is 0 Å².